The Hall–Kier alpha value is 2.37. The molecule has 0 N–H and O–H groups in total. The van der Waals surface area contributed by atoms with Crippen LogP contribution in [0.4, 0.5) is 0 Å². The third-order valence-corrected chi connectivity index (χ3v) is 2.58. The Morgan fingerprint density at radius 2 is 1.44 bits per heavy atom. The molecule has 2 heterocycles. The van der Waals surface area contributed by atoms with Crippen LogP contribution >= 0.6 is 9.47 Å². The minimum absolute atomic E-state index is 0. The third kappa shape index (κ3) is 4.19. The SMILES string of the molecule is COB1OCC2(CO1)COB(O[PH-])OC2.[Cs+]. The Bertz CT molecular complexity index is 184. The van der Waals surface area contributed by atoms with E-state index >= 15 is 0 Å². The van der Waals surface area contributed by atoms with Crippen LogP contribution in [0.25, 0.3) is 0 Å². The fraction of sp³-hybridized carbons (Fsp3) is 1.00. The van der Waals surface area contributed by atoms with Crippen LogP contribution in [0, 0.1) is 5.41 Å². The average molecular weight is 366 g/mol. The van der Waals surface area contributed by atoms with Crippen LogP contribution < -0.4 is 68.9 Å². The quantitative estimate of drug-likeness (QED) is 0.379. The number of hydrogen-bond acceptors (Lipinski definition) is 6. The fourth-order valence-electron chi connectivity index (χ4n) is 1.53. The van der Waals surface area contributed by atoms with Gasteiger partial charge in [0.15, 0.2) is 0 Å². The molecule has 16 heavy (non-hydrogen) atoms. The molecule has 2 fully saturated rings. The Kier molecular flexibility index (Phi) is 8.05. The molecule has 0 bridgehead atoms. The van der Waals surface area contributed by atoms with Gasteiger partial charge in [-0.2, -0.15) is 0 Å². The van der Waals surface area contributed by atoms with Crippen molar-refractivity contribution in [3.8, 4) is 0 Å². The van der Waals surface area contributed by atoms with Gasteiger partial charge in [-0.3, -0.25) is 0 Å². The summed E-state index contributed by atoms with van der Waals surface area (Å²) in [4.78, 5) is 0. The molecule has 0 saturated carbocycles. The van der Waals surface area contributed by atoms with Gasteiger partial charge >= 0.3 is 83.5 Å². The maximum absolute atomic E-state index is 5.33. The summed E-state index contributed by atoms with van der Waals surface area (Å²) >= 11 is 0. The van der Waals surface area contributed by atoms with Gasteiger partial charge in [-0.05, 0) is 0 Å². The minimum atomic E-state index is -0.660. The van der Waals surface area contributed by atoms with Gasteiger partial charge in [-0.25, -0.2) is 0 Å². The molecule has 0 aliphatic carbocycles. The Morgan fingerprint density at radius 1 is 1.00 bits per heavy atom. The molecular weight excluding hydrogens is 354 g/mol. The van der Waals surface area contributed by atoms with E-state index in [9.17, 15) is 0 Å². The summed E-state index contributed by atoms with van der Waals surface area (Å²) in [7, 11) is 3.15. The maximum Gasteiger partial charge on any atom is 1.00 e. The zero-order valence-corrected chi connectivity index (χ0v) is 16.7. The van der Waals surface area contributed by atoms with Crippen LogP contribution in [-0.2, 0) is 27.7 Å². The molecule has 1 spiro atoms. The Labute approximate surface area is 157 Å². The molecule has 0 unspecified atom stereocenters. The summed E-state index contributed by atoms with van der Waals surface area (Å²) in [5.74, 6) is 0. The van der Waals surface area contributed by atoms with Crippen molar-refractivity contribution in [3.63, 3.8) is 0 Å². The molecule has 0 atom stereocenters. The predicted molar refractivity (Wildman–Crippen MR) is 54.2 cm³/mol. The summed E-state index contributed by atoms with van der Waals surface area (Å²) in [5, 5.41) is 0. The molecule has 0 amide bonds. The van der Waals surface area contributed by atoms with E-state index in [4.69, 9.17) is 27.7 Å². The molecule has 2 rings (SSSR count). The first-order valence-electron chi connectivity index (χ1n) is 4.60. The van der Waals surface area contributed by atoms with Crippen LogP contribution in [0.15, 0.2) is 0 Å². The van der Waals surface area contributed by atoms with Gasteiger partial charge < -0.3 is 37.2 Å². The van der Waals surface area contributed by atoms with Crippen LogP contribution in [0.2, 0.25) is 0 Å². The third-order valence-electron chi connectivity index (χ3n) is 2.39. The molecular formula is C6H12B2CsO6P. The van der Waals surface area contributed by atoms with Gasteiger partial charge in [-0.1, -0.05) is 0 Å². The molecule has 10 heteroatoms. The second kappa shape index (κ2) is 7.84. The second-order valence-corrected chi connectivity index (χ2v) is 3.91. The minimum Gasteiger partial charge on any atom is -0.572 e. The average Bonchev–Trinajstić information content (AvgIpc) is 2.31. The van der Waals surface area contributed by atoms with Crippen molar-refractivity contribution in [1.29, 1.82) is 0 Å². The maximum atomic E-state index is 5.33. The zero-order chi connectivity index (χ0) is 10.7. The topological polar surface area (TPSA) is 55.4 Å². The van der Waals surface area contributed by atoms with Crippen LogP contribution in [0.1, 0.15) is 0 Å². The van der Waals surface area contributed by atoms with E-state index in [1.807, 2.05) is 0 Å². The van der Waals surface area contributed by atoms with Crippen molar-refractivity contribution in [2.75, 3.05) is 33.5 Å². The van der Waals surface area contributed by atoms with Crippen LogP contribution in [0.3, 0.4) is 0 Å². The molecule has 6 nitrogen and oxygen atoms in total. The van der Waals surface area contributed by atoms with E-state index in [1.54, 1.807) is 0 Å². The predicted octanol–water partition coefficient (Wildman–Crippen LogP) is -3.24. The van der Waals surface area contributed by atoms with Crippen molar-refractivity contribution in [3.05, 3.63) is 0 Å². The molecule has 0 aromatic heterocycles. The largest absolute Gasteiger partial charge is 1.00 e. The molecule has 84 valence electrons. The van der Waals surface area contributed by atoms with E-state index in [0.717, 1.165) is 0 Å². The van der Waals surface area contributed by atoms with E-state index in [2.05, 4.69) is 9.47 Å². The summed E-state index contributed by atoms with van der Waals surface area (Å²) in [5.41, 5.74) is -0.254. The molecule has 0 aromatic carbocycles. The first-order chi connectivity index (χ1) is 7.28. The van der Waals surface area contributed by atoms with Crippen molar-refractivity contribution < 1.29 is 96.6 Å². The van der Waals surface area contributed by atoms with E-state index < -0.39 is 14.6 Å². The number of rotatable bonds is 2. The number of hydrogen-bond donors (Lipinski definition) is 0. The summed E-state index contributed by atoms with van der Waals surface area (Å²) in [6.07, 6.45) is 0. The van der Waals surface area contributed by atoms with Gasteiger partial charge in [0.25, 0.3) is 0 Å². The second-order valence-electron chi connectivity index (χ2n) is 3.67. The summed E-state index contributed by atoms with van der Waals surface area (Å²) < 4.78 is 30.9. The Morgan fingerprint density at radius 3 is 1.81 bits per heavy atom. The monoisotopic (exact) mass is 366 g/mol. The van der Waals surface area contributed by atoms with E-state index in [-0.39, 0.29) is 74.3 Å². The van der Waals surface area contributed by atoms with Crippen molar-refractivity contribution in [2.24, 2.45) is 5.41 Å². The molecule has 0 radical (unpaired) electrons. The van der Waals surface area contributed by atoms with Gasteiger partial charge in [0.2, 0.25) is 0 Å². The fourth-order valence-corrected chi connectivity index (χ4v) is 1.67. The first-order valence-corrected chi connectivity index (χ1v) is 5.00. The van der Waals surface area contributed by atoms with Gasteiger partial charge in [0.05, 0.1) is 5.41 Å². The molecule has 2 aliphatic rings. The zero-order valence-electron chi connectivity index (χ0n) is 9.43. The van der Waals surface area contributed by atoms with Crippen molar-refractivity contribution in [1.82, 2.24) is 0 Å². The smallest absolute Gasteiger partial charge is 0.572 e. The van der Waals surface area contributed by atoms with E-state index in [1.165, 1.54) is 7.11 Å². The van der Waals surface area contributed by atoms with E-state index in [0.29, 0.717) is 26.4 Å². The van der Waals surface area contributed by atoms with Crippen molar-refractivity contribution in [2.45, 2.75) is 0 Å². The van der Waals surface area contributed by atoms with Gasteiger partial charge in [0, 0.05) is 33.5 Å². The molecule has 0 aromatic rings. The van der Waals surface area contributed by atoms with Gasteiger partial charge in [-0.15, -0.1) is 0 Å². The summed E-state index contributed by atoms with van der Waals surface area (Å²) in [6, 6.07) is 0. The standard InChI is InChI=1S/C6H12B2O6P.Cs/c1-9-7-10-2-6(3-11-7)4-12-8(14-15)13-5-6;/h15H,2-5H2,1H3;/q-1;+1. The molecule has 2 aliphatic heterocycles. The normalized spacial score (nSPS) is 24.4. The summed E-state index contributed by atoms with van der Waals surface area (Å²) in [6.45, 7) is 1.91. The van der Waals surface area contributed by atoms with Crippen LogP contribution in [0.5, 0.6) is 0 Å². The first kappa shape index (κ1) is 16.4. The van der Waals surface area contributed by atoms with Crippen LogP contribution in [-0.4, -0.2) is 48.2 Å². The Balaban J connectivity index is 0.00000128. The van der Waals surface area contributed by atoms with Gasteiger partial charge in [0.1, 0.15) is 0 Å². The van der Waals surface area contributed by atoms with Crippen molar-refractivity contribution >= 4 is 24.1 Å². The molecule has 2 saturated heterocycles.